The van der Waals surface area contributed by atoms with Gasteiger partial charge in [0.1, 0.15) is 24.3 Å². The molecule has 46 heavy (non-hydrogen) atoms. The Morgan fingerprint density at radius 2 is 0.565 bits per heavy atom. The van der Waals surface area contributed by atoms with Crippen molar-refractivity contribution in [2.45, 2.75) is 0 Å². The van der Waals surface area contributed by atoms with Crippen molar-refractivity contribution in [1.29, 1.82) is 21.0 Å². The first-order valence-corrected chi connectivity index (χ1v) is 14.1. The molecule has 0 bridgehead atoms. The molecule has 210 valence electrons. The molecule has 2 heterocycles. The average molecular weight is 587 g/mol. The van der Waals surface area contributed by atoms with E-state index in [1.54, 1.807) is 24.3 Å². The summed E-state index contributed by atoms with van der Waals surface area (Å²) in [6.07, 6.45) is 0. The molecule has 8 heteroatoms. The Balaban J connectivity index is 1.42. The maximum atomic E-state index is 9.60. The van der Waals surface area contributed by atoms with Crippen molar-refractivity contribution < 1.29 is 0 Å². The van der Waals surface area contributed by atoms with E-state index in [9.17, 15) is 21.0 Å². The molecule has 0 saturated carbocycles. The van der Waals surface area contributed by atoms with Gasteiger partial charge in [0.05, 0.1) is 67.1 Å². The highest BCUT2D eigenvalue weighted by molar-refractivity contribution is 5.90. The summed E-state index contributed by atoms with van der Waals surface area (Å²) in [7, 11) is 0. The molecular formula is C38H18N8. The van der Waals surface area contributed by atoms with Crippen LogP contribution in [0.15, 0.2) is 109 Å². The van der Waals surface area contributed by atoms with Crippen LogP contribution in [0.3, 0.4) is 0 Å². The van der Waals surface area contributed by atoms with Crippen molar-refractivity contribution in [3.8, 4) is 69.3 Å². The highest BCUT2D eigenvalue weighted by Crippen LogP contribution is 2.35. The third-order valence-corrected chi connectivity index (χ3v) is 7.62. The highest BCUT2D eigenvalue weighted by Gasteiger charge is 2.18. The van der Waals surface area contributed by atoms with Crippen molar-refractivity contribution in [1.82, 2.24) is 19.9 Å². The van der Waals surface area contributed by atoms with Crippen molar-refractivity contribution in [2.75, 3.05) is 0 Å². The molecule has 0 N–H and O–H groups in total. The number of hydrogen-bond donors (Lipinski definition) is 0. The summed E-state index contributed by atoms with van der Waals surface area (Å²) < 4.78 is 0. The minimum Gasteiger partial charge on any atom is -0.244 e. The van der Waals surface area contributed by atoms with E-state index >= 15 is 0 Å². The van der Waals surface area contributed by atoms with Gasteiger partial charge in [0.25, 0.3) is 0 Å². The first-order chi connectivity index (χ1) is 22.6. The van der Waals surface area contributed by atoms with Gasteiger partial charge in [-0.25, -0.2) is 19.9 Å². The lowest BCUT2D eigenvalue weighted by atomic mass is 9.99. The number of hydrogen-bond acceptors (Lipinski definition) is 8. The summed E-state index contributed by atoms with van der Waals surface area (Å²) in [6, 6.07) is 41.8. The number of nitrogens with zero attached hydrogens (tertiary/aromatic N) is 8. The number of fused-ring (bicyclic) bond motifs is 2. The summed E-state index contributed by atoms with van der Waals surface area (Å²) >= 11 is 0. The van der Waals surface area contributed by atoms with Crippen molar-refractivity contribution in [3.63, 3.8) is 0 Å². The highest BCUT2D eigenvalue weighted by atomic mass is 14.8. The predicted molar refractivity (Wildman–Crippen MR) is 173 cm³/mol. The molecule has 0 saturated heterocycles. The summed E-state index contributed by atoms with van der Waals surface area (Å²) in [4.78, 5) is 19.7. The molecule has 0 fully saturated rings. The van der Waals surface area contributed by atoms with Crippen LogP contribution in [0.2, 0.25) is 0 Å². The lowest BCUT2D eigenvalue weighted by Crippen LogP contribution is -1.98. The smallest absolute Gasteiger partial charge is 0.101 e. The molecule has 0 aliphatic heterocycles. The van der Waals surface area contributed by atoms with Gasteiger partial charge in [-0.15, -0.1) is 0 Å². The van der Waals surface area contributed by atoms with Crippen molar-refractivity contribution >= 4 is 22.1 Å². The molecule has 0 spiro atoms. The van der Waals surface area contributed by atoms with Gasteiger partial charge in [-0.05, 0) is 24.3 Å². The lowest BCUT2D eigenvalue weighted by molar-refractivity contribution is 1.27. The number of nitriles is 4. The maximum Gasteiger partial charge on any atom is 0.101 e. The summed E-state index contributed by atoms with van der Waals surface area (Å²) in [5, 5.41) is 38.3. The molecule has 8 nitrogen and oxygen atoms in total. The van der Waals surface area contributed by atoms with Crippen LogP contribution in [0.4, 0.5) is 0 Å². The summed E-state index contributed by atoms with van der Waals surface area (Å²) in [6.45, 7) is 0. The van der Waals surface area contributed by atoms with E-state index in [4.69, 9.17) is 19.9 Å². The molecule has 0 aliphatic rings. The van der Waals surface area contributed by atoms with Gasteiger partial charge in [0.15, 0.2) is 0 Å². The van der Waals surface area contributed by atoms with Gasteiger partial charge >= 0.3 is 0 Å². The Bertz CT molecular complexity index is 2320. The lowest BCUT2D eigenvalue weighted by Gasteiger charge is -2.13. The zero-order chi connectivity index (χ0) is 31.6. The minimum atomic E-state index is 0.239. The number of rotatable bonds is 4. The second-order valence-electron chi connectivity index (χ2n) is 10.4. The molecule has 7 aromatic rings. The van der Waals surface area contributed by atoms with Crippen LogP contribution in [0.5, 0.6) is 0 Å². The van der Waals surface area contributed by atoms with Gasteiger partial charge in [0, 0.05) is 22.3 Å². The van der Waals surface area contributed by atoms with E-state index in [1.807, 2.05) is 84.9 Å². The molecular weight excluding hydrogens is 568 g/mol. The van der Waals surface area contributed by atoms with Gasteiger partial charge in [-0.2, -0.15) is 21.0 Å². The standard InChI is InChI=1S/C38H18N8/c39-19-27-15-31-33(17-29(27)21-41)45-37(35(43-31)23-7-3-1-4-8-23)25-11-13-26(14-12-25)38-36(24-9-5-2-6-10-24)44-32-16-28(20-40)30(22-42)18-34(32)46-38/h1-18H. The third kappa shape index (κ3) is 4.81. The Kier molecular flexibility index (Phi) is 6.85. The quantitative estimate of drug-likeness (QED) is 0.203. The minimum absolute atomic E-state index is 0.239. The van der Waals surface area contributed by atoms with Crippen LogP contribution in [-0.4, -0.2) is 19.9 Å². The topological polar surface area (TPSA) is 147 Å². The van der Waals surface area contributed by atoms with Crippen molar-refractivity contribution in [3.05, 3.63) is 131 Å². The average Bonchev–Trinajstić information content (AvgIpc) is 3.13. The Morgan fingerprint density at radius 3 is 0.804 bits per heavy atom. The molecule has 7 rings (SSSR count). The SMILES string of the molecule is N#Cc1cc2nc(-c3ccccc3)c(-c3ccc(-c4nc5cc(C#N)c(C#N)cc5nc4-c4ccccc4)cc3)nc2cc1C#N. The van der Waals surface area contributed by atoms with E-state index in [0.717, 1.165) is 22.3 Å². The first kappa shape index (κ1) is 27.6. The zero-order valence-electron chi connectivity index (χ0n) is 24.0. The van der Waals surface area contributed by atoms with Crippen LogP contribution < -0.4 is 0 Å². The van der Waals surface area contributed by atoms with E-state index in [0.29, 0.717) is 44.8 Å². The molecule has 2 aromatic heterocycles. The van der Waals surface area contributed by atoms with Gasteiger partial charge in [-0.1, -0.05) is 84.9 Å². The molecule has 0 radical (unpaired) electrons. The Morgan fingerprint density at radius 1 is 0.326 bits per heavy atom. The van der Waals surface area contributed by atoms with Crippen LogP contribution in [-0.2, 0) is 0 Å². The molecule has 0 amide bonds. The normalized spacial score (nSPS) is 10.5. The van der Waals surface area contributed by atoms with E-state index in [-0.39, 0.29) is 22.3 Å². The number of benzene rings is 5. The fraction of sp³-hybridized carbons (Fsp3) is 0. The van der Waals surface area contributed by atoms with Crippen LogP contribution in [0.1, 0.15) is 22.3 Å². The molecule has 0 unspecified atom stereocenters. The van der Waals surface area contributed by atoms with Crippen LogP contribution in [0, 0.1) is 45.3 Å². The molecule has 0 atom stereocenters. The summed E-state index contributed by atoms with van der Waals surface area (Å²) in [5.74, 6) is 0. The van der Waals surface area contributed by atoms with Gasteiger partial charge < -0.3 is 0 Å². The largest absolute Gasteiger partial charge is 0.244 e. The fourth-order valence-electron chi connectivity index (χ4n) is 5.36. The maximum absolute atomic E-state index is 9.60. The Labute approximate surface area is 263 Å². The fourth-order valence-corrected chi connectivity index (χ4v) is 5.36. The Hall–Kier alpha value is -7.26. The molecule has 0 aliphatic carbocycles. The second-order valence-corrected chi connectivity index (χ2v) is 10.4. The van der Waals surface area contributed by atoms with Crippen LogP contribution >= 0.6 is 0 Å². The predicted octanol–water partition coefficient (Wildman–Crippen LogP) is 7.73. The monoisotopic (exact) mass is 586 g/mol. The van der Waals surface area contributed by atoms with E-state index in [2.05, 4.69) is 24.3 Å². The molecule has 5 aromatic carbocycles. The third-order valence-electron chi connectivity index (χ3n) is 7.62. The van der Waals surface area contributed by atoms with Crippen molar-refractivity contribution in [2.24, 2.45) is 0 Å². The van der Waals surface area contributed by atoms with E-state index in [1.165, 1.54) is 0 Å². The zero-order valence-corrected chi connectivity index (χ0v) is 24.0. The number of aromatic nitrogens is 4. The van der Waals surface area contributed by atoms with Gasteiger partial charge in [-0.3, -0.25) is 0 Å². The van der Waals surface area contributed by atoms with Gasteiger partial charge in [0.2, 0.25) is 0 Å². The van der Waals surface area contributed by atoms with E-state index < -0.39 is 0 Å². The summed E-state index contributed by atoms with van der Waals surface area (Å²) in [5.41, 5.74) is 8.84. The second kappa shape index (κ2) is 11.4. The van der Waals surface area contributed by atoms with Crippen LogP contribution in [0.25, 0.3) is 67.1 Å². The first-order valence-electron chi connectivity index (χ1n) is 14.1.